The minimum atomic E-state index is 0.164. The van der Waals surface area contributed by atoms with Gasteiger partial charge < -0.3 is 14.6 Å². The molecule has 1 amide bonds. The fourth-order valence-corrected chi connectivity index (χ4v) is 3.77. The molecular formula is C23H27N3O2. The van der Waals surface area contributed by atoms with E-state index in [2.05, 4.69) is 27.3 Å². The average Bonchev–Trinajstić information content (AvgIpc) is 3.18. The molecule has 1 aromatic heterocycles. The molecule has 2 aromatic carbocycles. The number of para-hydroxylation sites is 2. The highest BCUT2D eigenvalue weighted by molar-refractivity contribution is 5.76. The van der Waals surface area contributed by atoms with Crippen LogP contribution in [0.5, 0.6) is 0 Å². The van der Waals surface area contributed by atoms with Crippen LogP contribution in [-0.4, -0.2) is 30.5 Å². The fourth-order valence-electron chi connectivity index (χ4n) is 3.77. The molecule has 1 N–H and O–H groups in total. The van der Waals surface area contributed by atoms with Crippen LogP contribution in [0.15, 0.2) is 59.0 Å². The molecule has 0 aliphatic carbocycles. The van der Waals surface area contributed by atoms with Crippen LogP contribution in [0.2, 0.25) is 0 Å². The van der Waals surface area contributed by atoms with Crippen molar-refractivity contribution in [3.63, 3.8) is 0 Å². The second-order valence-electron chi connectivity index (χ2n) is 7.54. The van der Waals surface area contributed by atoms with Crippen LogP contribution < -0.4 is 10.2 Å². The van der Waals surface area contributed by atoms with Gasteiger partial charge in [0.05, 0.1) is 0 Å². The normalized spacial score (nSPS) is 15.1. The topological polar surface area (TPSA) is 58.4 Å². The van der Waals surface area contributed by atoms with Gasteiger partial charge in [-0.05, 0) is 49.3 Å². The van der Waals surface area contributed by atoms with Crippen molar-refractivity contribution in [1.29, 1.82) is 0 Å². The van der Waals surface area contributed by atoms with E-state index in [1.807, 2.05) is 42.5 Å². The molecular weight excluding hydrogens is 350 g/mol. The Hall–Kier alpha value is -2.82. The number of carbonyl (C=O) groups excluding carboxylic acids is 1. The van der Waals surface area contributed by atoms with E-state index in [0.717, 1.165) is 56.4 Å². The van der Waals surface area contributed by atoms with Gasteiger partial charge in [0.15, 0.2) is 5.58 Å². The lowest BCUT2D eigenvalue weighted by molar-refractivity contribution is -0.121. The van der Waals surface area contributed by atoms with Gasteiger partial charge in [-0.15, -0.1) is 0 Å². The van der Waals surface area contributed by atoms with Crippen molar-refractivity contribution in [2.24, 2.45) is 5.92 Å². The highest BCUT2D eigenvalue weighted by Crippen LogP contribution is 2.26. The Morgan fingerprint density at radius 3 is 2.61 bits per heavy atom. The van der Waals surface area contributed by atoms with E-state index in [9.17, 15) is 4.79 Å². The lowest BCUT2D eigenvalue weighted by atomic mass is 9.97. The summed E-state index contributed by atoms with van der Waals surface area (Å²) < 4.78 is 5.87. The first-order chi connectivity index (χ1) is 13.8. The van der Waals surface area contributed by atoms with Gasteiger partial charge in [0, 0.05) is 26.1 Å². The Balaban J connectivity index is 1.16. The number of piperidine rings is 1. The molecule has 28 heavy (non-hydrogen) atoms. The molecule has 2 heterocycles. The van der Waals surface area contributed by atoms with Crippen molar-refractivity contribution >= 4 is 23.0 Å². The number of aromatic nitrogens is 1. The predicted molar refractivity (Wildman–Crippen MR) is 111 cm³/mol. The van der Waals surface area contributed by atoms with Gasteiger partial charge >= 0.3 is 0 Å². The summed E-state index contributed by atoms with van der Waals surface area (Å²) in [5.41, 5.74) is 3.03. The van der Waals surface area contributed by atoms with Gasteiger partial charge in [0.1, 0.15) is 5.52 Å². The zero-order chi connectivity index (χ0) is 19.2. The van der Waals surface area contributed by atoms with E-state index in [1.54, 1.807) is 0 Å². The van der Waals surface area contributed by atoms with E-state index in [0.29, 0.717) is 18.4 Å². The molecule has 0 bridgehead atoms. The summed E-state index contributed by atoms with van der Waals surface area (Å²) >= 11 is 0. The summed E-state index contributed by atoms with van der Waals surface area (Å²) in [6.45, 7) is 2.61. The third kappa shape index (κ3) is 4.71. The molecule has 3 aromatic rings. The molecule has 1 aliphatic heterocycles. The van der Waals surface area contributed by atoms with Crippen LogP contribution in [0.1, 0.15) is 31.2 Å². The van der Waals surface area contributed by atoms with Crippen LogP contribution in [0.4, 0.5) is 6.01 Å². The van der Waals surface area contributed by atoms with Crippen molar-refractivity contribution < 1.29 is 9.21 Å². The molecule has 0 spiro atoms. The highest BCUT2D eigenvalue weighted by atomic mass is 16.4. The Morgan fingerprint density at radius 2 is 1.82 bits per heavy atom. The van der Waals surface area contributed by atoms with Crippen molar-refractivity contribution in [2.45, 2.75) is 32.1 Å². The number of amides is 1. The van der Waals surface area contributed by atoms with Crippen LogP contribution in [0.3, 0.4) is 0 Å². The zero-order valence-corrected chi connectivity index (χ0v) is 16.1. The first kappa shape index (κ1) is 18.5. The van der Waals surface area contributed by atoms with E-state index in [4.69, 9.17) is 4.42 Å². The van der Waals surface area contributed by atoms with Crippen molar-refractivity contribution in [1.82, 2.24) is 10.3 Å². The number of benzene rings is 2. The molecule has 1 fully saturated rings. The molecule has 4 rings (SSSR count). The van der Waals surface area contributed by atoms with Crippen LogP contribution in [-0.2, 0) is 11.2 Å². The summed E-state index contributed by atoms with van der Waals surface area (Å²) in [4.78, 5) is 18.9. The number of hydrogen-bond donors (Lipinski definition) is 1. The number of oxazole rings is 1. The number of anilines is 1. The Bertz CT molecular complexity index is 865. The zero-order valence-electron chi connectivity index (χ0n) is 16.1. The lowest BCUT2D eigenvalue weighted by Crippen LogP contribution is -2.38. The summed E-state index contributed by atoms with van der Waals surface area (Å²) in [6.07, 6.45) is 4.53. The summed E-state index contributed by atoms with van der Waals surface area (Å²) in [5.74, 6) is 0.691. The van der Waals surface area contributed by atoms with Gasteiger partial charge in [-0.3, -0.25) is 4.79 Å². The second-order valence-corrected chi connectivity index (χ2v) is 7.54. The molecule has 1 aliphatic rings. The van der Waals surface area contributed by atoms with Gasteiger partial charge in [0.2, 0.25) is 5.91 Å². The second kappa shape index (κ2) is 8.91. The number of hydrogen-bond acceptors (Lipinski definition) is 4. The van der Waals surface area contributed by atoms with Crippen LogP contribution in [0, 0.1) is 5.92 Å². The first-order valence-corrected chi connectivity index (χ1v) is 10.2. The van der Waals surface area contributed by atoms with Crippen LogP contribution in [0.25, 0.3) is 11.1 Å². The third-order valence-corrected chi connectivity index (χ3v) is 5.47. The van der Waals surface area contributed by atoms with E-state index < -0.39 is 0 Å². The number of carbonyl (C=O) groups is 1. The standard InChI is InChI=1S/C23H27N3O2/c27-22(12-6-9-18-7-2-1-3-8-18)24-17-19-13-15-26(16-14-19)23-25-20-10-4-5-11-21(20)28-23/h1-5,7-8,10-11,19H,6,9,12-17H2,(H,24,27). The van der Waals surface area contributed by atoms with Crippen molar-refractivity contribution in [3.8, 4) is 0 Å². The van der Waals surface area contributed by atoms with E-state index in [-0.39, 0.29) is 5.91 Å². The molecule has 5 heteroatoms. The van der Waals surface area contributed by atoms with E-state index >= 15 is 0 Å². The number of nitrogens with zero attached hydrogens (tertiary/aromatic N) is 2. The molecule has 146 valence electrons. The third-order valence-electron chi connectivity index (χ3n) is 5.47. The smallest absolute Gasteiger partial charge is 0.298 e. The Kier molecular flexibility index (Phi) is 5.90. The molecule has 0 saturated carbocycles. The highest BCUT2D eigenvalue weighted by Gasteiger charge is 2.23. The maximum Gasteiger partial charge on any atom is 0.298 e. The average molecular weight is 377 g/mol. The monoisotopic (exact) mass is 377 g/mol. The summed E-state index contributed by atoms with van der Waals surface area (Å²) in [5, 5.41) is 3.12. The van der Waals surface area contributed by atoms with Gasteiger partial charge in [-0.25, -0.2) is 0 Å². The largest absolute Gasteiger partial charge is 0.423 e. The van der Waals surface area contributed by atoms with Gasteiger partial charge in [-0.1, -0.05) is 42.5 Å². The van der Waals surface area contributed by atoms with Crippen molar-refractivity contribution in [2.75, 3.05) is 24.5 Å². The number of rotatable bonds is 7. The van der Waals surface area contributed by atoms with Gasteiger partial charge in [-0.2, -0.15) is 4.98 Å². The minimum Gasteiger partial charge on any atom is -0.423 e. The molecule has 0 radical (unpaired) electrons. The molecule has 0 unspecified atom stereocenters. The Morgan fingerprint density at radius 1 is 1.07 bits per heavy atom. The lowest BCUT2D eigenvalue weighted by Gasteiger charge is -2.30. The summed E-state index contributed by atoms with van der Waals surface area (Å²) in [7, 11) is 0. The molecule has 1 saturated heterocycles. The molecule has 5 nitrogen and oxygen atoms in total. The number of aryl methyl sites for hydroxylation is 1. The molecule has 0 atom stereocenters. The maximum atomic E-state index is 12.1. The van der Waals surface area contributed by atoms with Crippen LogP contribution >= 0.6 is 0 Å². The first-order valence-electron chi connectivity index (χ1n) is 10.2. The summed E-state index contributed by atoms with van der Waals surface area (Å²) in [6, 6.07) is 18.9. The van der Waals surface area contributed by atoms with Crippen molar-refractivity contribution in [3.05, 3.63) is 60.2 Å². The number of nitrogens with one attached hydrogen (secondary N) is 1. The quantitative estimate of drug-likeness (QED) is 0.671. The maximum absolute atomic E-state index is 12.1. The van der Waals surface area contributed by atoms with Gasteiger partial charge in [0.25, 0.3) is 6.01 Å². The van der Waals surface area contributed by atoms with E-state index in [1.165, 1.54) is 5.56 Å². The Labute approximate surface area is 165 Å². The fraction of sp³-hybridized carbons (Fsp3) is 0.391. The minimum absolute atomic E-state index is 0.164. The SMILES string of the molecule is O=C(CCCc1ccccc1)NCC1CCN(c2nc3ccccc3o2)CC1. The number of fused-ring (bicyclic) bond motifs is 1. The predicted octanol–water partition coefficient (Wildman–Crippen LogP) is 4.18.